The van der Waals surface area contributed by atoms with Crippen LogP contribution in [-0.2, 0) is 6.42 Å². The summed E-state index contributed by atoms with van der Waals surface area (Å²) in [6, 6.07) is 0. The van der Waals surface area contributed by atoms with E-state index in [1.807, 2.05) is 0 Å². The van der Waals surface area contributed by atoms with Crippen molar-refractivity contribution in [3.8, 4) is 12.3 Å². The molecule has 0 aromatic carbocycles. The third-order valence-electron chi connectivity index (χ3n) is 1.69. The first-order valence-corrected chi connectivity index (χ1v) is 5.36. The predicted molar refractivity (Wildman–Crippen MR) is 58.0 cm³/mol. The van der Waals surface area contributed by atoms with E-state index in [2.05, 4.69) is 28.5 Å². The fourth-order valence-electron chi connectivity index (χ4n) is 0.936. The largest absolute Gasteiger partial charge is 0.361 e. The topological polar surface area (TPSA) is 24.9 Å². The van der Waals surface area contributed by atoms with E-state index < -0.39 is 0 Å². The number of hydrogen-bond acceptors (Lipinski definition) is 3. The molecule has 0 aliphatic heterocycles. The van der Waals surface area contributed by atoms with Gasteiger partial charge < -0.3 is 5.32 Å². The molecule has 0 radical (unpaired) electrons. The first-order valence-electron chi connectivity index (χ1n) is 4.48. The molecular weight excluding hydrogens is 180 g/mol. The van der Waals surface area contributed by atoms with Crippen LogP contribution in [0.3, 0.4) is 0 Å². The number of aromatic nitrogens is 1. The molecule has 0 spiro atoms. The molecule has 1 heterocycles. The number of aryl methyl sites for hydroxylation is 1. The highest BCUT2D eigenvalue weighted by Gasteiger charge is 1.97. The van der Waals surface area contributed by atoms with E-state index in [-0.39, 0.29) is 0 Å². The predicted octanol–water partition coefficient (Wildman–Crippen LogP) is 2.53. The first-order chi connectivity index (χ1) is 6.36. The lowest BCUT2D eigenvalue weighted by Gasteiger charge is -1.98. The van der Waals surface area contributed by atoms with Gasteiger partial charge in [0.2, 0.25) is 0 Å². The molecule has 1 N–H and O–H groups in total. The molecule has 70 valence electrons. The van der Waals surface area contributed by atoms with E-state index >= 15 is 0 Å². The van der Waals surface area contributed by atoms with Crippen molar-refractivity contribution >= 4 is 16.5 Å². The number of nitrogens with zero attached hydrogens (tertiary/aromatic N) is 1. The molecule has 1 aromatic heterocycles. The van der Waals surface area contributed by atoms with Gasteiger partial charge in [0.25, 0.3) is 0 Å². The van der Waals surface area contributed by atoms with Crippen LogP contribution >= 0.6 is 11.3 Å². The summed E-state index contributed by atoms with van der Waals surface area (Å²) in [4.78, 5) is 4.38. The number of unbranched alkanes of at least 4 members (excludes halogenated alkanes) is 1. The monoisotopic (exact) mass is 194 g/mol. The summed E-state index contributed by atoms with van der Waals surface area (Å²) < 4.78 is 0. The Morgan fingerprint density at radius 3 is 3.15 bits per heavy atom. The molecule has 0 bridgehead atoms. The summed E-state index contributed by atoms with van der Waals surface area (Å²) in [6.07, 6.45) is 7.99. The Balaban J connectivity index is 2.25. The lowest BCUT2D eigenvalue weighted by atomic mass is 10.3. The van der Waals surface area contributed by atoms with E-state index in [9.17, 15) is 0 Å². The van der Waals surface area contributed by atoms with Gasteiger partial charge in [0.05, 0.1) is 5.69 Å². The van der Waals surface area contributed by atoms with Crippen molar-refractivity contribution in [2.45, 2.75) is 26.2 Å². The van der Waals surface area contributed by atoms with Gasteiger partial charge in [-0.3, -0.25) is 0 Å². The van der Waals surface area contributed by atoms with Crippen molar-refractivity contribution < 1.29 is 0 Å². The maximum atomic E-state index is 5.14. The van der Waals surface area contributed by atoms with Crippen LogP contribution in [0.4, 0.5) is 5.13 Å². The Labute approximate surface area is 83.4 Å². The van der Waals surface area contributed by atoms with Crippen LogP contribution in [0, 0.1) is 12.3 Å². The Morgan fingerprint density at radius 2 is 2.54 bits per heavy atom. The average molecular weight is 194 g/mol. The van der Waals surface area contributed by atoms with Gasteiger partial charge in [-0.25, -0.2) is 4.98 Å². The van der Waals surface area contributed by atoms with Crippen LogP contribution in [0.2, 0.25) is 0 Å². The van der Waals surface area contributed by atoms with Crippen molar-refractivity contribution in [2.75, 3.05) is 11.9 Å². The minimum Gasteiger partial charge on any atom is -0.361 e. The summed E-state index contributed by atoms with van der Waals surface area (Å²) in [5.41, 5.74) is 1.16. The van der Waals surface area contributed by atoms with E-state index in [1.54, 1.807) is 11.3 Å². The van der Waals surface area contributed by atoms with Gasteiger partial charge in [0.15, 0.2) is 5.13 Å². The highest BCUT2D eigenvalue weighted by molar-refractivity contribution is 7.13. The van der Waals surface area contributed by atoms with E-state index in [1.165, 1.54) is 0 Å². The third kappa shape index (κ3) is 3.47. The number of hydrogen-bond donors (Lipinski definition) is 1. The SMILES string of the molecule is C#CCCCNc1nc(CC)cs1. The van der Waals surface area contributed by atoms with Gasteiger partial charge in [-0.1, -0.05) is 6.92 Å². The fraction of sp³-hybridized carbons (Fsp3) is 0.500. The molecule has 0 atom stereocenters. The molecule has 3 heteroatoms. The number of rotatable bonds is 5. The van der Waals surface area contributed by atoms with Gasteiger partial charge >= 0.3 is 0 Å². The van der Waals surface area contributed by atoms with Gasteiger partial charge in [0, 0.05) is 18.3 Å². The fourth-order valence-corrected chi connectivity index (χ4v) is 1.76. The second-order valence-electron chi connectivity index (χ2n) is 2.73. The Bertz CT molecular complexity index is 285. The number of thiazole rings is 1. The zero-order valence-corrected chi connectivity index (χ0v) is 8.66. The molecular formula is C10H14N2S. The van der Waals surface area contributed by atoms with Gasteiger partial charge in [-0.2, -0.15) is 0 Å². The number of anilines is 1. The second kappa shape index (κ2) is 5.60. The van der Waals surface area contributed by atoms with Crippen LogP contribution in [0.15, 0.2) is 5.38 Å². The number of nitrogens with one attached hydrogen (secondary N) is 1. The first kappa shape index (κ1) is 10.1. The molecule has 0 amide bonds. The van der Waals surface area contributed by atoms with Crippen molar-refractivity contribution in [1.82, 2.24) is 4.98 Å². The molecule has 1 aromatic rings. The van der Waals surface area contributed by atoms with Gasteiger partial charge in [0.1, 0.15) is 0 Å². The van der Waals surface area contributed by atoms with Gasteiger partial charge in [-0.05, 0) is 12.8 Å². The van der Waals surface area contributed by atoms with Crippen molar-refractivity contribution in [1.29, 1.82) is 0 Å². The normalized spacial score (nSPS) is 9.54. The second-order valence-corrected chi connectivity index (χ2v) is 3.59. The zero-order valence-electron chi connectivity index (χ0n) is 7.84. The quantitative estimate of drug-likeness (QED) is 0.575. The van der Waals surface area contributed by atoms with Crippen LogP contribution in [-0.4, -0.2) is 11.5 Å². The highest BCUT2D eigenvalue weighted by atomic mass is 32.1. The van der Waals surface area contributed by atoms with E-state index in [0.717, 1.165) is 36.6 Å². The molecule has 0 aliphatic carbocycles. The minimum absolute atomic E-state index is 0.832. The Hall–Kier alpha value is -1.01. The summed E-state index contributed by atoms with van der Waals surface area (Å²) in [7, 11) is 0. The summed E-state index contributed by atoms with van der Waals surface area (Å²) >= 11 is 1.66. The molecule has 1 rings (SSSR count). The molecule has 0 aliphatic rings. The maximum absolute atomic E-state index is 5.14. The highest BCUT2D eigenvalue weighted by Crippen LogP contribution is 2.15. The van der Waals surface area contributed by atoms with Crippen LogP contribution in [0.25, 0.3) is 0 Å². The number of terminal acetylenes is 1. The van der Waals surface area contributed by atoms with E-state index in [0.29, 0.717) is 0 Å². The average Bonchev–Trinajstić information content (AvgIpc) is 2.60. The molecule has 0 unspecified atom stereocenters. The van der Waals surface area contributed by atoms with E-state index in [4.69, 9.17) is 6.42 Å². The Kier molecular flexibility index (Phi) is 4.34. The molecule has 0 saturated carbocycles. The van der Waals surface area contributed by atoms with Crippen LogP contribution in [0.5, 0.6) is 0 Å². The standard InChI is InChI=1S/C10H14N2S/c1-3-5-6-7-11-10-12-9(4-2)8-13-10/h1,8H,4-7H2,2H3,(H,11,12). The lowest BCUT2D eigenvalue weighted by Crippen LogP contribution is -2.00. The minimum atomic E-state index is 0.832. The summed E-state index contributed by atoms with van der Waals surface area (Å²) in [5.74, 6) is 2.61. The van der Waals surface area contributed by atoms with Gasteiger partial charge in [-0.15, -0.1) is 23.7 Å². The Morgan fingerprint density at radius 1 is 1.69 bits per heavy atom. The van der Waals surface area contributed by atoms with Crippen molar-refractivity contribution in [2.24, 2.45) is 0 Å². The summed E-state index contributed by atoms with van der Waals surface area (Å²) in [5, 5.41) is 6.34. The maximum Gasteiger partial charge on any atom is 0.182 e. The lowest BCUT2D eigenvalue weighted by molar-refractivity contribution is 0.903. The summed E-state index contributed by atoms with van der Waals surface area (Å²) in [6.45, 7) is 3.03. The molecule has 0 saturated heterocycles. The molecule has 0 fully saturated rings. The van der Waals surface area contributed by atoms with Crippen molar-refractivity contribution in [3.63, 3.8) is 0 Å². The molecule has 13 heavy (non-hydrogen) atoms. The van der Waals surface area contributed by atoms with Crippen molar-refractivity contribution in [3.05, 3.63) is 11.1 Å². The molecule has 2 nitrogen and oxygen atoms in total. The van der Waals surface area contributed by atoms with Crippen LogP contribution < -0.4 is 5.32 Å². The zero-order chi connectivity index (χ0) is 9.52. The smallest absolute Gasteiger partial charge is 0.182 e. The van der Waals surface area contributed by atoms with Crippen LogP contribution in [0.1, 0.15) is 25.5 Å². The third-order valence-corrected chi connectivity index (χ3v) is 2.54.